The predicted molar refractivity (Wildman–Crippen MR) is 92.1 cm³/mol. The second-order valence-corrected chi connectivity index (χ2v) is 8.83. The van der Waals surface area contributed by atoms with Crippen LogP contribution >= 0.6 is 11.3 Å². The van der Waals surface area contributed by atoms with Crippen LogP contribution in [0, 0.1) is 0 Å². The van der Waals surface area contributed by atoms with E-state index >= 15 is 0 Å². The van der Waals surface area contributed by atoms with Gasteiger partial charge in [0.05, 0.1) is 31.0 Å². The van der Waals surface area contributed by atoms with Gasteiger partial charge in [-0.1, -0.05) is 6.07 Å². The van der Waals surface area contributed by atoms with Gasteiger partial charge in [0.1, 0.15) is 5.82 Å². The van der Waals surface area contributed by atoms with E-state index in [1.807, 2.05) is 35.2 Å². The number of aromatic nitrogens is 2. The van der Waals surface area contributed by atoms with Crippen molar-refractivity contribution in [2.45, 2.75) is 32.5 Å². The van der Waals surface area contributed by atoms with E-state index in [4.69, 9.17) is 0 Å². The van der Waals surface area contributed by atoms with Gasteiger partial charge in [-0.05, 0) is 18.4 Å². The number of carbonyl (C=O) groups excluding carboxylic acids is 1. The van der Waals surface area contributed by atoms with Crippen molar-refractivity contribution in [2.75, 3.05) is 12.8 Å². The van der Waals surface area contributed by atoms with Crippen LogP contribution in [0.15, 0.2) is 23.7 Å². The van der Waals surface area contributed by atoms with E-state index in [9.17, 15) is 13.2 Å². The lowest BCUT2D eigenvalue weighted by molar-refractivity contribution is -0.120. The molecular weight excluding hydrogens is 348 g/mol. The average Bonchev–Trinajstić information content (AvgIpc) is 3.13. The number of hydrogen-bond donors (Lipinski definition) is 1. The highest BCUT2D eigenvalue weighted by Gasteiger charge is 2.32. The lowest BCUT2D eigenvalue weighted by Gasteiger charge is -2.31. The van der Waals surface area contributed by atoms with Gasteiger partial charge in [0.15, 0.2) is 0 Å². The fourth-order valence-electron chi connectivity index (χ4n) is 2.89. The molecule has 130 valence electrons. The first-order valence-corrected chi connectivity index (χ1v) is 10.4. The normalized spacial score (nSPS) is 18.3. The van der Waals surface area contributed by atoms with Crippen molar-refractivity contribution in [2.24, 2.45) is 0 Å². The number of fused-ring (bicyclic) bond motifs is 1. The first-order chi connectivity index (χ1) is 11.3. The molecule has 0 unspecified atom stereocenters. The molecule has 0 bridgehead atoms. The van der Waals surface area contributed by atoms with Crippen LogP contribution in [0.3, 0.4) is 0 Å². The van der Waals surface area contributed by atoms with Crippen LogP contribution in [0.5, 0.6) is 0 Å². The Balaban J connectivity index is 1.66. The number of imidazole rings is 1. The van der Waals surface area contributed by atoms with Crippen molar-refractivity contribution in [3.8, 4) is 0 Å². The monoisotopic (exact) mass is 368 g/mol. The molecular formula is C15H20N4O3S2. The zero-order chi connectivity index (χ0) is 17.3. The van der Waals surface area contributed by atoms with Crippen molar-refractivity contribution in [1.29, 1.82) is 0 Å². The molecule has 0 saturated carbocycles. The highest BCUT2D eigenvalue weighted by atomic mass is 32.2. The van der Waals surface area contributed by atoms with Crippen LogP contribution in [0.4, 0.5) is 0 Å². The number of hydrogen-bond acceptors (Lipinski definition) is 5. The van der Waals surface area contributed by atoms with Crippen molar-refractivity contribution < 1.29 is 13.2 Å². The molecule has 0 aromatic carbocycles. The van der Waals surface area contributed by atoms with Crippen molar-refractivity contribution >= 4 is 27.3 Å². The fourth-order valence-corrected chi connectivity index (χ4v) is 4.62. The Morgan fingerprint density at radius 1 is 1.46 bits per heavy atom. The molecule has 9 heteroatoms. The molecule has 7 nitrogen and oxygen atoms in total. The smallest absolute Gasteiger partial charge is 0.226 e. The summed E-state index contributed by atoms with van der Waals surface area (Å²) >= 11 is 1.60. The van der Waals surface area contributed by atoms with Gasteiger partial charge < -0.3 is 9.88 Å². The predicted octanol–water partition coefficient (Wildman–Crippen LogP) is 1.14. The third-order valence-electron chi connectivity index (χ3n) is 4.03. The lowest BCUT2D eigenvalue weighted by Crippen LogP contribution is -2.40. The topological polar surface area (TPSA) is 84.3 Å². The van der Waals surface area contributed by atoms with E-state index in [1.165, 1.54) is 10.6 Å². The maximum Gasteiger partial charge on any atom is 0.226 e. The molecule has 2 aromatic heterocycles. The van der Waals surface area contributed by atoms with Gasteiger partial charge in [-0.2, -0.15) is 4.31 Å². The number of nitrogens with zero attached hydrogens (tertiary/aromatic N) is 3. The standard InChI is InChI=1S/C15H20N4O3S2/c1-11-15-17-12(8-14(20)16-9-13-4-3-7-23-13)10-18(15)5-6-19(11)24(2,21)22/h3-4,7,10-11H,5-6,8-9H2,1-2H3,(H,16,20)/t11-/m0/s1. The minimum absolute atomic E-state index is 0.0912. The van der Waals surface area contributed by atoms with Gasteiger partial charge >= 0.3 is 0 Å². The van der Waals surface area contributed by atoms with Crippen LogP contribution in [-0.2, 0) is 34.3 Å². The maximum atomic E-state index is 12.1. The summed E-state index contributed by atoms with van der Waals surface area (Å²) in [5.41, 5.74) is 0.663. The third-order valence-corrected chi connectivity index (χ3v) is 6.26. The van der Waals surface area contributed by atoms with E-state index in [0.717, 1.165) is 4.88 Å². The Bertz CT molecular complexity index is 827. The van der Waals surface area contributed by atoms with Crippen molar-refractivity contribution in [3.05, 3.63) is 40.1 Å². The highest BCUT2D eigenvalue weighted by Crippen LogP contribution is 2.26. The zero-order valence-corrected chi connectivity index (χ0v) is 15.2. The summed E-state index contributed by atoms with van der Waals surface area (Å²) in [5, 5.41) is 4.85. The molecule has 0 spiro atoms. The molecule has 0 fully saturated rings. The number of rotatable bonds is 5. The van der Waals surface area contributed by atoms with Crippen LogP contribution in [0.1, 0.15) is 29.4 Å². The van der Waals surface area contributed by atoms with Gasteiger partial charge in [-0.3, -0.25) is 4.79 Å². The number of amides is 1. The van der Waals surface area contributed by atoms with E-state index < -0.39 is 10.0 Å². The molecule has 0 radical (unpaired) electrons. The Labute approximate surface area is 145 Å². The van der Waals surface area contributed by atoms with Crippen LogP contribution in [-0.4, -0.2) is 41.0 Å². The van der Waals surface area contributed by atoms with Crippen molar-refractivity contribution in [3.63, 3.8) is 0 Å². The summed E-state index contributed by atoms with van der Waals surface area (Å²) in [6.07, 6.45) is 3.24. The van der Waals surface area contributed by atoms with Gasteiger partial charge in [-0.15, -0.1) is 11.3 Å². The van der Waals surface area contributed by atoms with Gasteiger partial charge in [0.25, 0.3) is 0 Å². The lowest BCUT2D eigenvalue weighted by atomic mass is 10.2. The molecule has 3 heterocycles. The van der Waals surface area contributed by atoms with Gasteiger partial charge in [0.2, 0.25) is 15.9 Å². The Morgan fingerprint density at radius 2 is 2.25 bits per heavy atom. The van der Waals surface area contributed by atoms with E-state index in [1.54, 1.807) is 11.3 Å². The first kappa shape index (κ1) is 17.1. The number of thiophene rings is 1. The van der Waals surface area contributed by atoms with Crippen LogP contribution in [0.2, 0.25) is 0 Å². The Hall–Kier alpha value is -1.71. The Morgan fingerprint density at radius 3 is 2.92 bits per heavy atom. The molecule has 1 aliphatic rings. The fraction of sp³-hybridized carbons (Fsp3) is 0.467. The summed E-state index contributed by atoms with van der Waals surface area (Å²) < 4.78 is 27.0. The Kier molecular flexibility index (Phi) is 4.75. The van der Waals surface area contributed by atoms with Gasteiger partial charge in [0, 0.05) is 24.2 Å². The molecule has 1 aliphatic heterocycles. The SMILES string of the molecule is C[C@H]1c2nc(CC(=O)NCc3cccs3)cn2CCN1S(C)(=O)=O. The average molecular weight is 368 g/mol. The summed E-state index contributed by atoms with van der Waals surface area (Å²) in [4.78, 5) is 17.6. The summed E-state index contributed by atoms with van der Waals surface area (Å²) in [6, 6.07) is 3.60. The van der Waals surface area contributed by atoms with Crippen LogP contribution < -0.4 is 5.32 Å². The number of carbonyl (C=O) groups is 1. The molecule has 2 aromatic rings. The molecule has 24 heavy (non-hydrogen) atoms. The molecule has 3 rings (SSSR count). The minimum Gasteiger partial charge on any atom is -0.351 e. The molecule has 0 saturated heterocycles. The molecule has 1 atom stereocenters. The summed E-state index contributed by atoms with van der Waals surface area (Å²) in [6.45, 7) is 3.31. The maximum absolute atomic E-state index is 12.1. The largest absolute Gasteiger partial charge is 0.351 e. The quantitative estimate of drug-likeness (QED) is 0.858. The number of sulfonamides is 1. The summed E-state index contributed by atoms with van der Waals surface area (Å²) in [5.74, 6) is 0.596. The van der Waals surface area contributed by atoms with Gasteiger partial charge in [-0.25, -0.2) is 13.4 Å². The third kappa shape index (κ3) is 3.68. The molecule has 1 N–H and O–H groups in total. The second-order valence-electron chi connectivity index (χ2n) is 5.87. The number of nitrogens with one attached hydrogen (secondary N) is 1. The molecule has 0 aliphatic carbocycles. The minimum atomic E-state index is -3.26. The highest BCUT2D eigenvalue weighted by molar-refractivity contribution is 7.88. The van der Waals surface area contributed by atoms with Crippen LogP contribution in [0.25, 0.3) is 0 Å². The van der Waals surface area contributed by atoms with E-state index in [0.29, 0.717) is 31.2 Å². The van der Waals surface area contributed by atoms with E-state index in [-0.39, 0.29) is 18.4 Å². The summed E-state index contributed by atoms with van der Waals surface area (Å²) in [7, 11) is -3.26. The van der Waals surface area contributed by atoms with Crippen molar-refractivity contribution in [1.82, 2.24) is 19.2 Å². The first-order valence-electron chi connectivity index (χ1n) is 7.66. The second kappa shape index (κ2) is 6.66. The zero-order valence-electron chi connectivity index (χ0n) is 13.6. The molecule has 1 amide bonds. The van der Waals surface area contributed by atoms with E-state index in [2.05, 4.69) is 10.3 Å².